The van der Waals surface area contributed by atoms with Gasteiger partial charge in [-0.15, -0.1) is 0 Å². The molecule has 8 nitrogen and oxygen atoms in total. The highest BCUT2D eigenvalue weighted by Gasteiger charge is 2.23. The van der Waals surface area contributed by atoms with Crippen molar-refractivity contribution in [2.75, 3.05) is 56.7 Å². The highest BCUT2D eigenvalue weighted by molar-refractivity contribution is 7.91. The Bertz CT molecular complexity index is 1270. The van der Waals surface area contributed by atoms with Crippen molar-refractivity contribution < 1.29 is 22.7 Å². The van der Waals surface area contributed by atoms with E-state index in [1.165, 1.54) is 23.5 Å². The first-order valence-electron chi connectivity index (χ1n) is 11.9. The van der Waals surface area contributed by atoms with E-state index in [1.54, 1.807) is 24.0 Å². The number of morpholine rings is 1. The summed E-state index contributed by atoms with van der Waals surface area (Å²) in [5.74, 6) is 0.482. The summed E-state index contributed by atoms with van der Waals surface area (Å²) in [6.45, 7) is 8.63. The van der Waals surface area contributed by atoms with E-state index in [9.17, 15) is 13.2 Å². The number of ether oxygens (including phenoxy) is 2. The van der Waals surface area contributed by atoms with E-state index < -0.39 is 9.84 Å². The molecule has 0 saturated carbocycles. The third-order valence-electron chi connectivity index (χ3n) is 5.92. The van der Waals surface area contributed by atoms with Crippen LogP contribution in [0.1, 0.15) is 30.6 Å². The summed E-state index contributed by atoms with van der Waals surface area (Å²) in [6, 6.07) is 12.0. The normalized spacial score (nSPS) is 14.8. The molecule has 1 amide bonds. The fourth-order valence-electron chi connectivity index (χ4n) is 3.97. The Morgan fingerprint density at radius 3 is 2.71 bits per heavy atom. The number of nitrogens with zero attached hydrogens (tertiary/aromatic N) is 3. The maximum atomic E-state index is 13.7. The van der Waals surface area contributed by atoms with Gasteiger partial charge in [-0.1, -0.05) is 24.3 Å². The van der Waals surface area contributed by atoms with Crippen LogP contribution in [0, 0.1) is 0 Å². The Morgan fingerprint density at radius 2 is 1.97 bits per heavy atom. The van der Waals surface area contributed by atoms with Gasteiger partial charge in [0.1, 0.15) is 5.75 Å². The summed E-state index contributed by atoms with van der Waals surface area (Å²) in [4.78, 5) is 22.6. The molecule has 0 aliphatic carbocycles. The Kier molecular flexibility index (Phi) is 8.38. The molecule has 0 spiro atoms. The van der Waals surface area contributed by atoms with Crippen molar-refractivity contribution in [1.29, 1.82) is 0 Å². The van der Waals surface area contributed by atoms with Gasteiger partial charge < -0.3 is 9.47 Å². The quantitative estimate of drug-likeness (QED) is 0.403. The van der Waals surface area contributed by atoms with E-state index in [0.29, 0.717) is 23.8 Å². The first kappa shape index (κ1) is 25.6. The number of aromatic nitrogens is 1. The fraction of sp³-hybridized carbons (Fsp3) is 0.440. The lowest BCUT2D eigenvalue weighted by molar-refractivity contribution is 0.0376. The molecule has 35 heavy (non-hydrogen) atoms. The number of hydrogen-bond donors (Lipinski definition) is 0. The van der Waals surface area contributed by atoms with E-state index in [0.717, 1.165) is 55.2 Å². The van der Waals surface area contributed by atoms with Gasteiger partial charge in [0.25, 0.3) is 5.91 Å². The van der Waals surface area contributed by atoms with Crippen molar-refractivity contribution in [3.8, 4) is 5.75 Å². The van der Waals surface area contributed by atoms with Crippen molar-refractivity contribution in [1.82, 2.24) is 9.88 Å². The minimum Gasteiger partial charge on any atom is -0.494 e. The van der Waals surface area contributed by atoms with Gasteiger partial charge in [0.2, 0.25) is 0 Å². The molecule has 1 fully saturated rings. The molecular formula is C25H31N3O5S2. The summed E-state index contributed by atoms with van der Waals surface area (Å²) in [7, 11) is -3.42. The Balaban J connectivity index is 1.62. The van der Waals surface area contributed by atoms with Crippen molar-refractivity contribution >= 4 is 42.4 Å². The average molecular weight is 518 g/mol. The lowest BCUT2D eigenvalue weighted by Crippen LogP contribution is -2.39. The van der Waals surface area contributed by atoms with E-state index in [4.69, 9.17) is 14.5 Å². The van der Waals surface area contributed by atoms with Crippen LogP contribution < -0.4 is 9.64 Å². The van der Waals surface area contributed by atoms with Gasteiger partial charge >= 0.3 is 0 Å². The Morgan fingerprint density at radius 1 is 1.17 bits per heavy atom. The number of amides is 1. The second kappa shape index (κ2) is 11.5. The molecule has 0 atom stereocenters. The summed E-state index contributed by atoms with van der Waals surface area (Å²) in [5, 5.41) is 0.587. The highest BCUT2D eigenvalue weighted by Crippen LogP contribution is 2.32. The van der Waals surface area contributed by atoms with Crippen LogP contribution in [0.5, 0.6) is 5.75 Å². The van der Waals surface area contributed by atoms with E-state index in [1.807, 2.05) is 25.1 Å². The molecule has 0 radical (unpaired) electrons. The summed E-state index contributed by atoms with van der Waals surface area (Å²) >= 11 is 1.43. The number of sulfone groups is 1. The zero-order valence-electron chi connectivity index (χ0n) is 20.1. The number of fused-ring (bicyclic) bond motifs is 1. The SMILES string of the molecule is CCOc1ccc2nc(N(CCCN3CCOCC3)C(=O)c3cccc(S(=O)(=O)CC)c3)sc2c1. The minimum absolute atomic E-state index is 0.0199. The third-order valence-corrected chi connectivity index (χ3v) is 8.69. The average Bonchev–Trinajstić information content (AvgIpc) is 3.30. The first-order valence-corrected chi connectivity index (χ1v) is 14.4. The van der Waals surface area contributed by atoms with Gasteiger partial charge in [0, 0.05) is 31.7 Å². The zero-order valence-corrected chi connectivity index (χ0v) is 21.7. The summed E-state index contributed by atoms with van der Waals surface area (Å²) < 4.78 is 36.8. The van der Waals surface area contributed by atoms with Crippen LogP contribution in [0.15, 0.2) is 47.4 Å². The largest absolute Gasteiger partial charge is 0.494 e. The van der Waals surface area contributed by atoms with Crippen LogP contribution in [-0.2, 0) is 14.6 Å². The number of benzene rings is 2. The molecule has 1 saturated heterocycles. The molecule has 2 aromatic carbocycles. The van der Waals surface area contributed by atoms with E-state index >= 15 is 0 Å². The van der Waals surface area contributed by atoms with E-state index in [2.05, 4.69) is 4.90 Å². The molecule has 10 heteroatoms. The summed E-state index contributed by atoms with van der Waals surface area (Å²) in [6.07, 6.45) is 0.763. The van der Waals surface area contributed by atoms with Crippen molar-refractivity contribution in [2.24, 2.45) is 0 Å². The van der Waals surface area contributed by atoms with Crippen LogP contribution in [0.4, 0.5) is 5.13 Å². The lowest BCUT2D eigenvalue weighted by Gasteiger charge is -2.27. The van der Waals surface area contributed by atoms with Gasteiger partial charge in [-0.25, -0.2) is 13.4 Å². The van der Waals surface area contributed by atoms with Crippen LogP contribution in [0.2, 0.25) is 0 Å². The molecule has 0 N–H and O–H groups in total. The molecule has 0 unspecified atom stereocenters. The van der Waals surface area contributed by atoms with Crippen LogP contribution >= 0.6 is 11.3 Å². The van der Waals surface area contributed by atoms with Gasteiger partial charge in [-0.3, -0.25) is 14.6 Å². The number of hydrogen-bond acceptors (Lipinski definition) is 8. The summed E-state index contributed by atoms with van der Waals surface area (Å²) in [5.41, 5.74) is 1.13. The molecule has 1 aliphatic rings. The van der Waals surface area contributed by atoms with Gasteiger partial charge in [0.15, 0.2) is 15.0 Å². The predicted molar refractivity (Wildman–Crippen MR) is 139 cm³/mol. The van der Waals surface area contributed by atoms with Crippen LogP contribution in [0.3, 0.4) is 0 Å². The lowest BCUT2D eigenvalue weighted by atomic mass is 10.2. The number of anilines is 1. The maximum absolute atomic E-state index is 13.7. The van der Waals surface area contributed by atoms with Crippen LogP contribution in [-0.4, -0.2) is 76.0 Å². The topological polar surface area (TPSA) is 89.0 Å². The zero-order chi connectivity index (χ0) is 24.8. The fourth-order valence-corrected chi connectivity index (χ4v) is 5.92. The van der Waals surface area contributed by atoms with E-state index in [-0.39, 0.29) is 16.6 Å². The van der Waals surface area contributed by atoms with Crippen LogP contribution in [0.25, 0.3) is 10.2 Å². The number of carbonyl (C=O) groups excluding carboxylic acids is 1. The number of rotatable bonds is 10. The van der Waals surface area contributed by atoms with Crippen molar-refractivity contribution in [3.05, 3.63) is 48.0 Å². The van der Waals surface area contributed by atoms with Gasteiger partial charge in [-0.05, 0) is 49.7 Å². The molecule has 0 bridgehead atoms. The first-order chi connectivity index (χ1) is 16.9. The molecule has 1 aromatic heterocycles. The Hall–Kier alpha value is -2.53. The van der Waals surface area contributed by atoms with Crippen molar-refractivity contribution in [3.63, 3.8) is 0 Å². The standard InChI is InChI=1S/C25H31N3O5S2/c1-3-33-20-9-10-22-23(18-20)34-25(26-22)28(12-6-11-27-13-15-32-16-14-27)24(29)19-7-5-8-21(17-19)35(30,31)4-2/h5,7-10,17-18H,3-4,6,11-16H2,1-2H3. The molecular weight excluding hydrogens is 486 g/mol. The molecule has 2 heterocycles. The maximum Gasteiger partial charge on any atom is 0.260 e. The molecule has 4 rings (SSSR count). The Labute approximate surface area is 210 Å². The minimum atomic E-state index is -3.42. The number of thiazole rings is 1. The highest BCUT2D eigenvalue weighted by atomic mass is 32.2. The third kappa shape index (κ3) is 6.19. The second-order valence-corrected chi connectivity index (χ2v) is 11.5. The molecule has 3 aromatic rings. The molecule has 188 valence electrons. The number of carbonyl (C=O) groups is 1. The van der Waals surface area contributed by atoms with Gasteiger partial charge in [0.05, 0.1) is 40.7 Å². The second-order valence-electron chi connectivity index (χ2n) is 8.25. The predicted octanol–water partition coefficient (Wildman–Crippen LogP) is 3.86. The monoisotopic (exact) mass is 517 g/mol. The smallest absolute Gasteiger partial charge is 0.260 e. The van der Waals surface area contributed by atoms with Gasteiger partial charge in [-0.2, -0.15) is 0 Å². The molecule has 1 aliphatic heterocycles. The van der Waals surface area contributed by atoms with Crippen molar-refractivity contribution in [2.45, 2.75) is 25.2 Å².